The number of hydrogen-bond acceptors (Lipinski definition) is 33. The van der Waals surface area contributed by atoms with E-state index in [9.17, 15) is 106 Å². The summed E-state index contributed by atoms with van der Waals surface area (Å²) in [6.07, 6.45) is -12.6. The van der Waals surface area contributed by atoms with Gasteiger partial charge in [-0.2, -0.15) is 0 Å². The lowest BCUT2D eigenvalue weighted by atomic mass is 9.94. The Bertz CT molecular complexity index is 2710. The molecule has 6 rings (SSSR count). The molecule has 36 nitrogen and oxygen atoms in total. The normalized spacial score (nSPS) is 35.9. The second-order valence-corrected chi connectivity index (χ2v) is 32.8. The van der Waals surface area contributed by atoms with Crippen LogP contribution in [0.4, 0.5) is 0 Å². The average Bonchev–Trinajstić information content (AvgIpc) is 0.773. The highest BCUT2D eigenvalue weighted by Crippen LogP contribution is 2.38. The van der Waals surface area contributed by atoms with E-state index in [1.54, 1.807) is 6.08 Å². The molecule has 0 saturated carbocycles. The van der Waals surface area contributed by atoms with Crippen LogP contribution in [0.15, 0.2) is 12.2 Å². The number of aliphatic hydroxyl groups excluding tert-OH is 18. The molecule has 6 aliphatic rings. The van der Waals surface area contributed by atoms with E-state index in [0.717, 1.165) is 65.2 Å². The zero-order chi connectivity index (χ0) is 86.2. The molecular formula is C82H149N3O33. The molecule has 0 aliphatic carbocycles. The molecule has 3 amide bonds. The van der Waals surface area contributed by atoms with Crippen LogP contribution in [0.5, 0.6) is 0 Å². The summed E-state index contributed by atoms with van der Waals surface area (Å²) < 4.78 is 70.7. The number of nitrogens with one attached hydrogen (secondary N) is 3. The topological polar surface area (TPSA) is 562 Å². The van der Waals surface area contributed by atoms with Gasteiger partial charge in [0.2, 0.25) is 17.7 Å². The molecule has 0 spiro atoms. The fourth-order valence-electron chi connectivity index (χ4n) is 16.2. The molecule has 0 aromatic heterocycles. The van der Waals surface area contributed by atoms with Crippen LogP contribution in [-0.4, -0.2) is 352 Å². The molecule has 6 aliphatic heterocycles. The first-order valence-corrected chi connectivity index (χ1v) is 44.0. The van der Waals surface area contributed by atoms with E-state index in [4.69, 9.17) is 56.8 Å². The fraction of sp³-hybridized carbons (Fsp3) is 0.939. The maximum absolute atomic E-state index is 13.6. The Morgan fingerprint density at radius 3 is 0.992 bits per heavy atom. The summed E-state index contributed by atoms with van der Waals surface area (Å²) in [6.45, 7) is 0.112. The van der Waals surface area contributed by atoms with Gasteiger partial charge in [0.25, 0.3) is 0 Å². The van der Waals surface area contributed by atoms with Gasteiger partial charge in [-0.15, -0.1) is 0 Å². The van der Waals surface area contributed by atoms with Gasteiger partial charge in [-0.3, -0.25) is 14.4 Å². The smallest absolute Gasteiger partial charge is 0.220 e. The van der Waals surface area contributed by atoms with Gasteiger partial charge in [0.05, 0.1) is 58.4 Å². The van der Waals surface area contributed by atoms with Gasteiger partial charge in [-0.25, -0.2) is 0 Å². The molecule has 0 bridgehead atoms. The van der Waals surface area contributed by atoms with E-state index in [1.165, 1.54) is 148 Å². The van der Waals surface area contributed by atoms with Crippen molar-refractivity contribution in [2.24, 2.45) is 0 Å². The monoisotopic (exact) mass is 1700 g/mol. The second-order valence-electron chi connectivity index (χ2n) is 32.8. The first-order valence-electron chi connectivity index (χ1n) is 44.0. The van der Waals surface area contributed by atoms with Crippen LogP contribution < -0.4 is 16.0 Å². The molecule has 0 radical (unpaired) electrons. The van der Waals surface area contributed by atoms with E-state index in [0.29, 0.717) is 12.8 Å². The van der Waals surface area contributed by atoms with E-state index < -0.39 is 254 Å². The zero-order valence-electron chi connectivity index (χ0n) is 69.8. The maximum atomic E-state index is 13.6. The fourth-order valence-corrected chi connectivity index (χ4v) is 16.2. The molecule has 21 N–H and O–H groups in total. The van der Waals surface area contributed by atoms with Gasteiger partial charge >= 0.3 is 0 Å². The van der Waals surface area contributed by atoms with Crippen LogP contribution in [0, 0.1) is 0 Å². The minimum absolute atomic E-state index is 0.176. The van der Waals surface area contributed by atoms with Crippen molar-refractivity contribution in [1.29, 1.82) is 0 Å². The Kier molecular flexibility index (Phi) is 50.0. The Hall–Kier alpha value is -3.05. The van der Waals surface area contributed by atoms with Crippen molar-refractivity contribution in [2.45, 2.75) is 442 Å². The van der Waals surface area contributed by atoms with Gasteiger partial charge in [-0.1, -0.05) is 219 Å². The number of unbranched alkanes of at least 4 members (excludes halogenated alkanes) is 31. The third-order valence-corrected chi connectivity index (χ3v) is 23.2. The van der Waals surface area contributed by atoms with Gasteiger partial charge < -0.3 is 165 Å². The number of carbonyl (C=O) groups excluding carboxylic acids is 3. The molecule has 36 heteroatoms. The molecule has 6 heterocycles. The Balaban J connectivity index is 1.06. The van der Waals surface area contributed by atoms with Crippen LogP contribution >= 0.6 is 0 Å². The number of allylic oxidation sites excluding steroid dienone is 1. The highest BCUT2D eigenvalue weighted by Gasteiger charge is 2.59. The van der Waals surface area contributed by atoms with E-state index >= 15 is 0 Å². The van der Waals surface area contributed by atoms with Crippen LogP contribution in [0.25, 0.3) is 0 Å². The van der Waals surface area contributed by atoms with Crippen molar-refractivity contribution in [2.75, 3.05) is 46.2 Å². The summed E-state index contributed by atoms with van der Waals surface area (Å²) in [4.78, 5) is 38.7. The quantitative estimate of drug-likeness (QED) is 0.0280. The van der Waals surface area contributed by atoms with Crippen LogP contribution in [-0.2, 0) is 71.2 Å². The summed E-state index contributed by atoms with van der Waals surface area (Å²) in [7, 11) is 0. The Labute approximate surface area is 694 Å². The van der Waals surface area contributed by atoms with Gasteiger partial charge in [0.15, 0.2) is 37.7 Å². The zero-order valence-corrected chi connectivity index (χ0v) is 69.8. The largest absolute Gasteiger partial charge is 0.394 e. The molecule has 690 valence electrons. The van der Waals surface area contributed by atoms with E-state index in [2.05, 4.69) is 29.8 Å². The summed E-state index contributed by atoms with van der Waals surface area (Å²) in [5.74, 6) is -1.97. The average molecular weight is 1710 g/mol. The molecule has 0 aromatic carbocycles. The van der Waals surface area contributed by atoms with Crippen molar-refractivity contribution < 1.29 is 163 Å². The minimum atomic E-state index is -2.26. The predicted molar refractivity (Wildman–Crippen MR) is 421 cm³/mol. The summed E-state index contributed by atoms with van der Waals surface area (Å²) >= 11 is 0. The third kappa shape index (κ3) is 32.7. The standard InChI is InChI=1S/C82H149N3O33/c1-5-7-9-11-13-15-17-19-20-21-22-23-24-25-26-28-30-32-34-36-38-40-58(95)85-50(51(94)39-37-35-33-31-29-27-18-16-14-12-10-8-6-2)47-107-79-68(103)67(102)73(57(46-91)113-79)115-81-69(104)74(62(97)53(42-87)110-81)117-78-60(84-49(4)93)66(101)72(56(45-90)112-78)114-80-71(106)76(64(99)55(44-89)109-80)118-82-70(105)75(63(98)54(43-88)111-82)116-77-59(83-48(3)92)65(100)61(96)52(41-86)108-77/h37,39,50-57,59-82,86-91,94,96-106H,5-36,38,40-47H2,1-4H3,(H,83,92)(H,84,93)(H,85,95)/b39-37+/t50-,51+,52?,53?,54?,55?,56?,57?,59?,60?,61-,62-,63-,64-,65+,66+,67+,68?,69?,70?,71?,72+,73+,74-,75-,76-,77-,78-,79+,80-,81-,82+/m0/s1. The van der Waals surface area contributed by atoms with E-state index in [-0.39, 0.29) is 12.3 Å². The highest BCUT2D eigenvalue weighted by molar-refractivity contribution is 5.76. The molecule has 32 atom stereocenters. The molecule has 6 fully saturated rings. The molecule has 118 heavy (non-hydrogen) atoms. The lowest BCUT2D eigenvalue weighted by Gasteiger charge is -2.50. The van der Waals surface area contributed by atoms with Crippen molar-refractivity contribution in [3.8, 4) is 0 Å². The van der Waals surface area contributed by atoms with Crippen LogP contribution in [0.1, 0.15) is 246 Å². The summed E-state index contributed by atoms with van der Waals surface area (Å²) in [6, 6.07) is -4.51. The van der Waals surface area contributed by atoms with Gasteiger partial charge in [-0.05, 0) is 19.3 Å². The maximum Gasteiger partial charge on any atom is 0.220 e. The number of aliphatic hydroxyl groups is 18. The Morgan fingerprint density at radius 1 is 0.331 bits per heavy atom. The minimum Gasteiger partial charge on any atom is -0.394 e. The lowest BCUT2D eigenvalue weighted by Crippen LogP contribution is -2.70. The number of hydrogen-bond donors (Lipinski definition) is 21. The predicted octanol–water partition coefficient (Wildman–Crippen LogP) is -0.0834. The Morgan fingerprint density at radius 2 is 0.627 bits per heavy atom. The summed E-state index contributed by atoms with van der Waals surface area (Å²) in [5, 5.41) is 209. The second kappa shape index (κ2) is 56.8. The van der Waals surface area contributed by atoms with Crippen molar-refractivity contribution in [3.05, 3.63) is 12.2 Å². The summed E-state index contributed by atoms with van der Waals surface area (Å²) in [5.41, 5.74) is 0. The van der Waals surface area contributed by atoms with Crippen molar-refractivity contribution in [3.63, 3.8) is 0 Å². The lowest BCUT2D eigenvalue weighted by molar-refractivity contribution is -0.390. The molecule has 12 unspecified atom stereocenters. The first-order chi connectivity index (χ1) is 56.8. The third-order valence-electron chi connectivity index (χ3n) is 23.2. The van der Waals surface area contributed by atoms with Gasteiger partial charge in [0.1, 0.15) is 146 Å². The number of ether oxygens (including phenoxy) is 12. The van der Waals surface area contributed by atoms with Crippen molar-refractivity contribution in [1.82, 2.24) is 16.0 Å². The van der Waals surface area contributed by atoms with E-state index in [1.807, 2.05) is 6.08 Å². The van der Waals surface area contributed by atoms with Crippen molar-refractivity contribution >= 4 is 17.7 Å². The molecular weight excluding hydrogens is 1550 g/mol. The highest BCUT2D eigenvalue weighted by atomic mass is 16.8. The first kappa shape index (κ1) is 104. The SMILES string of the molecule is CCCCCCCCCCCCC/C=C/[C@@H](O)[C@H](CO[C@@H]1OC(CO)[C@@H](O[C@@H]2OC(CO)[C@H](O)[C@H](O[C@@H]3OC(CO)[C@@H](O[C@@H]4OC(CO)[C@H](O)[C@H](O[C@H]5OC(CO)[C@H](O)[C@H](O[C@@H]6OC(CO)[C@H](O)[C@H](O)C6NC(C)=O)C5O)C4O)[C@H](O)C3NC(C)=O)C2O)[C@H](O)C1O)NC(=O)CCCCCCCCCCCCCCCCCCCCCCC. The number of rotatable bonds is 58. The van der Waals surface area contributed by atoms with Crippen LogP contribution in [0.2, 0.25) is 0 Å². The number of amides is 3. The molecule has 6 saturated heterocycles. The van der Waals surface area contributed by atoms with Crippen LogP contribution in [0.3, 0.4) is 0 Å². The molecule has 0 aromatic rings. The number of carbonyl (C=O) groups is 3. The van der Waals surface area contributed by atoms with Gasteiger partial charge in [0, 0.05) is 20.3 Å².